The molecule has 0 radical (unpaired) electrons. The first kappa shape index (κ1) is 10.4. The van der Waals surface area contributed by atoms with Crippen LogP contribution in [0.25, 0.3) is 0 Å². The van der Waals surface area contributed by atoms with E-state index in [9.17, 15) is 14.7 Å². The third-order valence-electron chi connectivity index (χ3n) is 3.48. The summed E-state index contributed by atoms with van der Waals surface area (Å²) in [5, 5.41) is 12.9. The maximum absolute atomic E-state index is 11.5. The van der Waals surface area contributed by atoms with E-state index >= 15 is 0 Å². The quantitative estimate of drug-likeness (QED) is 0.572. The maximum atomic E-state index is 11.5. The zero-order valence-corrected chi connectivity index (χ0v) is 8.66. The Morgan fingerprint density at radius 2 is 2.33 bits per heavy atom. The van der Waals surface area contributed by atoms with Crippen LogP contribution in [0.1, 0.15) is 19.8 Å². The van der Waals surface area contributed by atoms with Crippen molar-refractivity contribution in [2.45, 2.75) is 25.4 Å². The number of ether oxygens (including phenoxy) is 1. The van der Waals surface area contributed by atoms with Crippen molar-refractivity contribution in [3.8, 4) is 0 Å². The number of hydrogen-bond donors (Lipinski definition) is 2. The van der Waals surface area contributed by atoms with E-state index in [0.717, 1.165) is 0 Å². The maximum Gasteiger partial charge on any atom is 0.338 e. The molecule has 5 nitrogen and oxygen atoms in total. The monoisotopic (exact) mass is 213 g/mol. The van der Waals surface area contributed by atoms with Crippen LogP contribution in [0.4, 0.5) is 0 Å². The molecule has 0 spiro atoms. The summed E-state index contributed by atoms with van der Waals surface area (Å²) < 4.78 is 4.87. The van der Waals surface area contributed by atoms with Crippen LogP contribution in [0.5, 0.6) is 0 Å². The summed E-state index contributed by atoms with van der Waals surface area (Å²) in [4.78, 5) is 23.0. The van der Waals surface area contributed by atoms with Crippen molar-refractivity contribution in [2.75, 3.05) is 13.2 Å². The number of fused-ring (bicyclic) bond motifs is 1. The molecule has 2 rings (SSSR count). The summed E-state index contributed by atoms with van der Waals surface area (Å²) in [5.74, 6) is -1.38. The molecule has 84 valence electrons. The number of carbonyl (C=O) groups excluding carboxylic acids is 2. The average Bonchev–Trinajstić information content (AvgIpc) is 2.24. The molecule has 0 aromatic heterocycles. The van der Waals surface area contributed by atoms with Gasteiger partial charge in [0.15, 0.2) is 5.60 Å². The molecule has 2 N–H and O–H groups in total. The van der Waals surface area contributed by atoms with E-state index in [4.69, 9.17) is 4.74 Å². The zero-order valence-electron chi connectivity index (χ0n) is 8.66. The van der Waals surface area contributed by atoms with Gasteiger partial charge in [-0.05, 0) is 12.8 Å². The van der Waals surface area contributed by atoms with E-state index in [1.54, 1.807) is 6.92 Å². The molecule has 0 aromatic rings. The van der Waals surface area contributed by atoms with E-state index in [-0.39, 0.29) is 24.3 Å². The van der Waals surface area contributed by atoms with Gasteiger partial charge in [-0.1, -0.05) is 6.92 Å². The second-order valence-corrected chi connectivity index (χ2v) is 4.17. The number of hydrogen-bond acceptors (Lipinski definition) is 4. The van der Waals surface area contributed by atoms with Crippen LogP contribution in [0, 0.1) is 11.8 Å². The van der Waals surface area contributed by atoms with Crippen LogP contribution in [0.15, 0.2) is 0 Å². The molecule has 1 amide bonds. The van der Waals surface area contributed by atoms with Gasteiger partial charge < -0.3 is 15.2 Å². The lowest BCUT2D eigenvalue weighted by Crippen LogP contribution is -2.60. The standard InChI is InChI=1S/C10H15NO4/c1-2-10(14)7-3-4-11-8(12)6(7)5-15-9(10)13/h6-7,14H,2-5H2,1H3,(H,11,12). The Hall–Kier alpha value is -1.10. The zero-order chi connectivity index (χ0) is 11.1. The number of cyclic esters (lactones) is 1. The van der Waals surface area contributed by atoms with Crippen molar-refractivity contribution in [3.05, 3.63) is 0 Å². The third-order valence-corrected chi connectivity index (χ3v) is 3.48. The lowest BCUT2D eigenvalue weighted by Gasteiger charge is -2.43. The van der Waals surface area contributed by atoms with E-state index in [0.29, 0.717) is 19.4 Å². The normalized spacial score (nSPS) is 40.4. The minimum atomic E-state index is -1.47. The SMILES string of the molecule is CCC1(O)C(=O)OCC2C(=O)NCCC21. The Bertz CT molecular complexity index is 304. The highest BCUT2D eigenvalue weighted by molar-refractivity contribution is 5.86. The summed E-state index contributed by atoms with van der Waals surface area (Å²) in [6, 6.07) is 0. The van der Waals surface area contributed by atoms with Crippen LogP contribution >= 0.6 is 0 Å². The van der Waals surface area contributed by atoms with Gasteiger partial charge in [-0.25, -0.2) is 4.79 Å². The number of amides is 1. The molecule has 2 aliphatic heterocycles. The Kier molecular flexibility index (Phi) is 2.42. The predicted molar refractivity (Wildman–Crippen MR) is 50.8 cm³/mol. The van der Waals surface area contributed by atoms with Gasteiger partial charge in [-0.2, -0.15) is 0 Å². The molecule has 5 heteroatoms. The van der Waals surface area contributed by atoms with Crippen molar-refractivity contribution in [1.29, 1.82) is 0 Å². The van der Waals surface area contributed by atoms with E-state index < -0.39 is 11.6 Å². The molecule has 2 fully saturated rings. The minimum absolute atomic E-state index is 0.0949. The molecule has 0 saturated carbocycles. The Balaban J connectivity index is 2.29. The Labute approximate surface area is 87.8 Å². The second kappa shape index (κ2) is 3.48. The summed E-state index contributed by atoms with van der Waals surface area (Å²) in [7, 11) is 0. The van der Waals surface area contributed by atoms with Crippen LogP contribution in [0.3, 0.4) is 0 Å². The molecule has 15 heavy (non-hydrogen) atoms. The van der Waals surface area contributed by atoms with Gasteiger partial charge in [0.1, 0.15) is 6.61 Å². The van der Waals surface area contributed by atoms with Gasteiger partial charge in [0.05, 0.1) is 5.92 Å². The van der Waals surface area contributed by atoms with E-state index in [1.165, 1.54) is 0 Å². The van der Waals surface area contributed by atoms with E-state index in [2.05, 4.69) is 5.32 Å². The first-order valence-electron chi connectivity index (χ1n) is 5.27. The fraction of sp³-hybridized carbons (Fsp3) is 0.800. The molecule has 3 unspecified atom stereocenters. The number of carbonyl (C=O) groups is 2. The first-order chi connectivity index (χ1) is 7.09. The van der Waals surface area contributed by atoms with Crippen molar-refractivity contribution >= 4 is 11.9 Å². The summed E-state index contributed by atoms with van der Waals surface area (Å²) in [5.41, 5.74) is -1.47. The van der Waals surface area contributed by atoms with Crippen LogP contribution in [-0.2, 0) is 14.3 Å². The predicted octanol–water partition coefficient (Wildman–Crippen LogP) is -0.563. The van der Waals surface area contributed by atoms with Gasteiger partial charge in [0.25, 0.3) is 0 Å². The highest BCUT2D eigenvalue weighted by Gasteiger charge is 2.54. The highest BCUT2D eigenvalue weighted by atomic mass is 16.6. The fourth-order valence-corrected chi connectivity index (χ4v) is 2.48. The van der Waals surface area contributed by atoms with Gasteiger partial charge in [0, 0.05) is 12.5 Å². The molecule has 2 aliphatic rings. The average molecular weight is 213 g/mol. The molecule has 0 aromatic carbocycles. The summed E-state index contributed by atoms with van der Waals surface area (Å²) in [6.45, 7) is 2.35. The first-order valence-corrected chi connectivity index (χ1v) is 5.27. The fourth-order valence-electron chi connectivity index (χ4n) is 2.48. The molecule has 3 atom stereocenters. The summed E-state index contributed by atoms with van der Waals surface area (Å²) in [6.07, 6.45) is 0.927. The smallest absolute Gasteiger partial charge is 0.338 e. The van der Waals surface area contributed by atoms with Crippen molar-refractivity contribution in [2.24, 2.45) is 11.8 Å². The topological polar surface area (TPSA) is 75.6 Å². The highest BCUT2D eigenvalue weighted by Crippen LogP contribution is 2.38. The second-order valence-electron chi connectivity index (χ2n) is 4.17. The number of nitrogens with one attached hydrogen (secondary N) is 1. The van der Waals surface area contributed by atoms with Crippen LogP contribution in [-0.4, -0.2) is 35.7 Å². The number of aliphatic hydroxyl groups is 1. The minimum Gasteiger partial charge on any atom is -0.463 e. The van der Waals surface area contributed by atoms with Crippen molar-refractivity contribution in [1.82, 2.24) is 5.32 Å². The lowest BCUT2D eigenvalue weighted by molar-refractivity contribution is -0.195. The van der Waals surface area contributed by atoms with Crippen LogP contribution in [0.2, 0.25) is 0 Å². The molecular weight excluding hydrogens is 198 g/mol. The molecule has 2 heterocycles. The lowest BCUT2D eigenvalue weighted by atomic mass is 9.71. The number of rotatable bonds is 1. The van der Waals surface area contributed by atoms with Crippen LogP contribution < -0.4 is 5.32 Å². The van der Waals surface area contributed by atoms with Gasteiger partial charge in [-0.15, -0.1) is 0 Å². The Morgan fingerprint density at radius 1 is 1.60 bits per heavy atom. The largest absolute Gasteiger partial charge is 0.463 e. The number of piperidine rings is 1. The number of esters is 1. The summed E-state index contributed by atoms with van der Waals surface area (Å²) >= 11 is 0. The molecular formula is C10H15NO4. The van der Waals surface area contributed by atoms with E-state index in [1.807, 2.05) is 0 Å². The Morgan fingerprint density at radius 3 is 3.00 bits per heavy atom. The molecule has 0 bridgehead atoms. The van der Waals surface area contributed by atoms with Crippen molar-refractivity contribution < 1.29 is 19.4 Å². The van der Waals surface area contributed by atoms with Crippen molar-refractivity contribution in [3.63, 3.8) is 0 Å². The third kappa shape index (κ3) is 1.42. The molecule has 0 aliphatic carbocycles. The molecule has 2 saturated heterocycles. The van der Waals surface area contributed by atoms with Gasteiger partial charge in [-0.3, -0.25) is 4.79 Å². The van der Waals surface area contributed by atoms with Gasteiger partial charge >= 0.3 is 5.97 Å². The van der Waals surface area contributed by atoms with Gasteiger partial charge in [0.2, 0.25) is 5.91 Å².